The van der Waals surface area contributed by atoms with Crippen molar-refractivity contribution in [3.63, 3.8) is 0 Å². The van der Waals surface area contributed by atoms with Crippen LogP contribution in [0.5, 0.6) is 0 Å². The Morgan fingerprint density at radius 3 is 1.76 bits per heavy atom. The maximum atomic E-state index is 7.43. The van der Waals surface area contributed by atoms with Gasteiger partial charge < -0.3 is 14.2 Å². The molecule has 16 aromatic rings. The molecule has 7 heteroatoms. The molecule has 13 aromatic carbocycles. The summed E-state index contributed by atoms with van der Waals surface area (Å²) >= 11 is 13.0. The molecule has 0 amide bonds. The summed E-state index contributed by atoms with van der Waals surface area (Å²) in [4.78, 5) is 7.37. The van der Waals surface area contributed by atoms with Gasteiger partial charge in [-0.25, -0.2) is 0 Å². The summed E-state index contributed by atoms with van der Waals surface area (Å²) in [7, 11) is 0. The summed E-state index contributed by atoms with van der Waals surface area (Å²) in [6.45, 7) is 0. The van der Waals surface area contributed by atoms with Gasteiger partial charge in [-0.15, -0.1) is 22.7 Å². The van der Waals surface area contributed by atoms with E-state index in [1.54, 1.807) is 0 Å². The molecule has 1 aliphatic carbocycles. The van der Waals surface area contributed by atoms with Gasteiger partial charge in [-0.3, -0.25) is 0 Å². The van der Waals surface area contributed by atoms with Crippen LogP contribution in [-0.4, -0.2) is 0 Å². The second-order valence-corrected chi connectivity index (χ2v) is 26.0. The Kier molecular flexibility index (Phi) is 11.2. The highest BCUT2D eigenvalue weighted by Gasteiger charge is 2.52. The van der Waals surface area contributed by atoms with Gasteiger partial charge >= 0.3 is 0 Å². The molecule has 3 nitrogen and oxygen atoms in total. The van der Waals surface area contributed by atoms with Crippen molar-refractivity contribution >= 4 is 142 Å². The fourth-order valence-corrected chi connectivity index (χ4v) is 17.8. The lowest BCUT2D eigenvalue weighted by atomic mass is 9.67. The molecule has 1 aliphatic heterocycles. The zero-order chi connectivity index (χ0) is 56.6. The zero-order valence-corrected chi connectivity index (χ0v) is 49.2. The summed E-state index contributed by atoms with van der Waals surface area (Å²) in [6.07, 6.45) is 0. The fraction of sp³-hybridized carbons (Fsp3) is 0.0127. The minimum atomic E-state index is -0.805. The average molecular weight is 1170 g/mol. The molecule has 1 spiro atoms. The predicted octanol–water partition coefficient (Wildman–Crippen LogP) is 24.1. The number of hydrogen-bond donors (Lipinski definition) is 0. The van der Waals surface area contributed by atoms with E-state index in [4.69, 9.17) is 16.0 Å². The van der Waals surface area contributed by atoms with Crippen LogP contribution in [0, 0.1) is 0 Å². The van der Waals surface area contributed by atoms with Gasteiger partial charge in [0, 0.05) is 106 Å². The standard InChI is InChI=1S/C79H47ClN2OS3/c80-50-35-38-58-66(41-50)79(64-28-13-17-34-74(64)85-75-40-37-53(46-67(75)79)81(51-23-8-3-9-24-51)54-44-61(49-21-6-2-7-22-49)78-63(45-54)57-26-12-16-33-72(57)86-78)65-29-18-30-68(77(58)65)82(52-36-39-73-62(42-52)56-25-11-15-32-71(56)84-73)55-43-60(48-19-4-1-5-20-48)76-59-27-10-14-31-69(59)83-70(76)47-55/h1-47H. The smallest absolute Gasteiger partial charge is 0.138 e. The maximum absolute atomic E-state index is 7.43. The topological polar surface area (TPSA) is 19.6 Å². The Labute approximate surface area is 513 Å². The van der Waals surface area contributed by atoms with Crippen LogP contribution in [0.25, 0.3) is 95.7 Å². The molecule has 0 fully saturated rings. The summed E-state index contributed by atoms with van der Waals surface area (Å²) in [6, 6.07) is 105. The first-order valence-electron chi connectivity index (χ1n) is 29.0. The Morgan fingerprint density at radius 1 is 0.337 bits per heavy atom. The number of nitrogens with zero attached hydrogens (tertiary/aromatic N) is 2. The molecule has 1 atom stereocenters. The molecule has 86 heavy (non-hydrogen) atoms. The van der Waals surface area contributed by atoms with Gasteiger partial charge in [-0.2, -0.15) is 0 Å². The van der Waals surface area contributed by atoms with E-state index in [2.05, 4.69) is 295 Å². The maximum Gasteiger partial charge on any atom is 0.138 e. The van der Waals surface area contributed by atoms with Crippen molar-refractivity contribution in [1.29, 1.82) is 0 Å². The minimum Gasteiger partial charge on any atom is -0.456 e. The lowest BCUT2D eigenvalue weighted by Crippen LogP contribution is -2.32. The van der Waals surface area contributed by atoms with E-state index in [1.807, 2.05) is 34.4 Å². The van der Waals surface area contributed by atoms with Gasteiger partial charge in [0.2, 0.25) is 0 Å². The Balaban J connectivity index is 0.917. The van der Waals surface area contributed by atoms with Crippen molar-refractivity contribution in [1.82, 2.24) is 0 Å². The summed E-state index contributed by atoms with van der Waals surface area (Å²) in [5.41, 5.74) is 18.9. The highest BCUT2D eigenvalue weighted by atomic mass is 35.5. The number of halogens is 1. The van der Waals surface area contributed by atoms with Crippen molar-refractivity contribution in [3.05, 3.63) is 312 Å². The molecule has 0 radical (unpaired) electrons. The monoisotopic (exact) mass is 1170 g/mol. The van der Waals surface area contributed by atoms with Crippen LogP contribution >= 0.6 is 46.0 Å². The number of para-hydroxylation sites is 2. The first-order valence-corrected chi connectivity index (χ1v) is 31.8. The number of furan rings is 1. The lowest BCUT2D eigenvalue weighted by molar-refractivity contribution is 0.669. The summed E-state index contributed by atoms with van der Waals surface area (Å²) < 4.78 is 12.0. The molecule has 0 saturated carbocycles. The molecule has 2 aliphatic rings. The zero-order valence-electron chi connectivity index (χ0n) is 46.0. The molecular weight excluding hydrogens is 1120 g/mol. The van der Waals surface area contributed by atoms with E-state index in [0.29, 0.717) is 5.02 Å². The molecule has 0 saturated heterocycles. The van der Waals surface area contributed by atoms with Crippen LogP contribution in [0.1, 0.15) is 22.3 Å². The van der Waals surface area contributed by atoms with Crippen molar-refractivity contribution in [3.8, 4) is 33.4 Å². The average Bonchev–Trinajstić information content (AvgIpc) is 1.60. The third-order valence-electron chi connectivity index (χ3n) is 17.7. The Hall–Kier alpha value is -9.66. The predicted molar refractivity (Wildman–Crippen MR) is 366 cm³/mol. The van der Waals surface area contributed by atoms with E-state index in [0.717, 1.165) is 83.9 Å². The second-order valence-electron chi connectivity index (χ2n) is 22.4. The molecule has 1 unspecified atom stereocenters. The minimum absolute atomic E-state index is 0.691. The van der Waals surface area contributed by atoms with Gasteiger partial charge in [-0.05, 0) is 154 Å². The van der Waals surface area contributed by atoms with Crippen LogP contribution in [0.2, 0.25) is 5.02 Å². The van der Waals surface area contributed by atoms with Crippen LogP contribution < -0.4 is 9.80 Å². The second kappa shape index (κ2) is 19.4. The molecule has 0 bridgehead atoms. The van der Waals surface area contributed by atoms with Crippen molar-refractivity contribution in [2.75, 3.05) is 9.80 Å². The van der Waals surface area contributed by atoms with E-state index >= 15 is 0 Å². The summed E-state index contributed by atoms with van der Waals surface area (Å²) in [5.74, 6) is 0. The van der Waals surface area contributed by atoms with Gasteiger partial charge in [0.05, 0.1) is 16.8 Å². The Bertz CT molecular complexity index is 5440. The molecule has 3 aromatic heterocycles. The lowest BCUT2D eigenvalue weighted by Gasteiger charge is -2.40. The largest absolute Gasteiger partial charge is 0.456 e. The molecule has 0 N–H and O–H groups in total. The normalized spacial score (nSPS) is 14.1. The first-order chi connectivity index (χ1) is 42.5. The van der Waals surface area contributed by atoms with Gasteiger partial charge in [0.15, 0.2) is 0 Å². The van der Waals surface area contributed by atoms with E-state index in [-0.39, 0.29) is 0 Å². The number of anilines is 6. The van der Waals surface area contributed by atoms with Crippen molar-refractivity contribution < 1.29 is 4.42 Å². The van der Waals surface area contributed by atoms with E-state index in [9.17, 15) is 0 Å². The van der Waals surface area contributed by atoms with Gasteiger partial charge in [-0.1, -0.05) is 193 Å². The van der Waals surface area contributed by atoms with Crippen LogP contribution in [-0.2, 0) is 5.41 Å². The first kappa shape index (κ1) is 49.7. The highest BCUT2D eigenvalue weighted by Crippen LogP contribution is 2.65. The molecule has 18 rings (SSSR count). The number of fused-ring (bicyclic) bond motifs is 18. The molecular formula is C79H47ClN2OS3. The van der Waals surface area contributed by atoms with Crippen LogP contribution in [0.15, 0.2) is 299 Å². The number of hydrogen-bond acceptors (Lipinski definition) is 6. The van der Waals surface area contributed by atoms with Crippen LogP contribution in [0.4, 0.5) is 34.1 Å². The third kappa shape index (κ3) is 7.47. The SMILES string of the molecule is Clc1ccc2c(c1)C1(c3ccccc3Sc3ccc(N(c4ccccc4)c4cc(-c5ccccc5)c5sc6ccccc6c5c4)cc31)c1cccc(N(c3cc(-c4ccccc4)c4c(c3)oc3ccccc34)c3ccc4sc5ccccc5c4c3)c1-2. The van der Waals surface area contributed by atoms with Crippen LogP contribution in [0.3, 0.4) is 0 Å². The number of thiophene rings is 2. The summed E-state index contributed by atoms with van der Waals surface area (Å²) in [5, 5.41) is 7.86. The Morgan fingerprint density at radius 2 is 0.942 bits per heavy atom. The van der Waals surface area contributed by atoms with E-state index < -0.39 is 5.41 Å². The number of rotatable bonds is 8. The van der Waals surface area contributed by atoms with Crippen molar-refractivity contribution in [2.24, 2.45) is 0 Å². The van der Waals surface area contributed by atoms with Crippen molar-refractivity contribution in [2.45, 2.75) is 15.2 Å². The third-order valence-corrected chi connectivity index (χ3v) is 21.5. The van der Waals surface area contributed by atoms with Gasteiger partial charge in [0.1, 0.15) is 11.2 Å². The molecule has 404 valence electrons. The number of benzene rings is 13. The fourth-order valence-electron chi connectivity index (χ4n) is 14.2. The quantitative estimate of drug-likeness (QED) is 0.151. The van der Waals surface area contributed by atoms with Gasteiger partial charge in [0.25, 0.3) is 0 Å². The molecule has 4 heterocycles. The van der Waals surface area contributed by atoms with E-state index in [1.165, 1.54) is 78.0 Å². The highest BCUT2D eigenvalue weighted by molar-refractivity contribution is 7.99.